The minimum absolute atomic E-state index is 0.159. The van der Waals surface area contributed by atoms with Gasteiger partial charge in [0.1, 0.15) is 0 Å². The number of likely N-dealkylation sites (tertiary alicyclic amines) is 1. The lowest BCUT2D eigenvalue weighted by molar-refractivity contribution is 0.197. The summed E-state index contributed by atoms with van der Waals surface area (Å²) in [5.41, 5.74) is 2.87. The number of nitrogens with one attached hydrogen (secondary N) is 2. The Balaban J connectivity index is 1.25. The number of pyridine rings is 2. The molecule has 6 heteroatoms. The van der Waals surface area contributed by atoms with E-state index < -0.39 is 0 Å². The van der Waals surface area contributed by atoms with Crippen molar-refractivity contribution in [3.63, 3.8) is 0 Å². The highest BCUT2D eigenvalue weighted by atomic mass is 16.2. The Bertz CT molecular complexity index is 917. The predicted octanol–water partition coefficient (Wildman–Crippen LogP) is 3.46. The molecule has 1 aliphatic heterocycles. The van der Waals surface area contributed by atoms with Crippen molar-refractivity contribution in [2.75, 3.05) is 25.0 Å². The van der Waals surface area contributed by atoms with E-state index in [1.54, 1.807) is 6.20 Å². The third kappa shape index (κ3) is 4.64. The summed E-state index contributed by atoms with van der Waals surface area (Å²) in [6.07, 6.45) is 8.41. The van der Waals surface area contributed by atoms with Crippen molar-refractivity contribution in [3.8, 4) is 0 Å². The van der Waals surface area contributed by atoms with Gasteiger partial charge < -0.3 is 15.5 Å². The molecule has 6 nitrogen and oxygen atoms in total. The zero-order chi connectivity index (χ0) is 19.2. The number of aromatic nitrogens is 2. The van der Waals surface area contributed by atoms with Gasteiger partial charge in [0, 0.05) is 49.7 Å². The Morgan fingerprint density at radius 1 is 1.04 bits per heavy atom. The summed E-state index contributed by atoms with van der Waals surface area (Å²) in [6, 6.07) is 13.9. The van der Waals surface area contributed by atoms with Gasteiger partial charge in [-0.15, -0.1) is 0 Å². The molecule has 2 N–H and O–H groups in total. The fourth-order valence-electron chi connectivity index (χ4n) is 3.69. The van der Waals surface area contributed by atoms with Crippen LogP contribution in [0, 0.1) is 0 Å². The van der Waals surface area contributed by atoms with Gasteiger partial charge in [-0.25, -0.2) is 4.79 Å². The highest BCUT2D eigenvalue weighted by Gasteiger charge is 2.20. The van der Waals surface area contributed by atoms with Crippen molar-refractivity contribution >= 4 is 22.6 Å². The number of benzene rings is 1. The average Bonchev–Trinajstić information content (AvgIpc) is 2.74. The van der Waals surface area contributed by atoms with Gasteiger partial charge in [0.15, 0.2) is 0 Å². The Kier molecular flexibility index (Phi) is 5.77. The Morgan fingerprint density at radius 2 is 1.82 bits per heavy atom. The molecule has 1 aromatic carbocycles. The molecule has 0 bridgehead atoms. The maximum absolute atomic E-state index is 12.4. The number of carbonyl (C=O) groups is 1. The zero-order valence-corrected chi connectivity index (χ0v) is 15.8. The zero-order valence-electron chi connectivity index (χ0n) is 15.8. The Hall–Kier alpha value is -2.99. The summed E-state index contributed by atoms with van der Waals surface area (Å²) < 4.78 is 0. The van der Waals surface area contributed by atoms with Gasteiger partial charge >= 0.3 is 6.03 Å². The number of fused-ring (bicyclic) bond motifs is 1. The predicted molar refractivity (Wildman–Crippen MR) is 111 cm³/mol. The number of urea groups is 1. The van der Waals surface area contributed by atoms with Crippen LogP contribution in [0.2, 0.25) is 0 Å². The minimum Gasteiger partial charge on any atom is -0.335 e. The van der Waals surface area contributed by atoms with E-state index in [0.29, 0.717) is 0 Å². The second kappa shape index (κ2) is 8.80. The van der Waals surface area contributed by atoms with Crippen LogP contribution in [-0.2, 0) is 6.42 Å². The SMILES string of the molecule is O=C(Nc1cccc2cccnc12)NC1CCN(CCc2ccncc2)CC1. The van der Waals surface area contributed by atoms with Gasteiger partial charge in [-0.1, -0.05) is 18.2 Å². The lowest BCUT2D eigenvalue weighted by atomic mass is 10.0. The Labute approximate surface area is 165 Å². The molecule has 0 unspecified atom stereocenters. The number of rotatable bonds is 5. The van der Waals surface area contributed by atoms with Crippen molar-refractivity contribution in [2.24, 2.45) is 0 Å². The van der Waals surface area contributed by atoms with E-state index in [0.717, 1.165) is 55.5 Å². The molecule has 3 heterocycles. The topological polar surface area (TPSA) is 70.2 Å². The first-order chi connectivity index (χ1) is 13.8. The summed E-state index contributed by atoms with van der Waals surface area (Å²) >= 11 is 0. The number of hydrogen-bond acceptors (Lipinski definition) is 4. The average molecular weight is 375 g/mol. The van der Waals surface area contributed by atoms with E-state index in [9.17, 15) is 4.79 Å². The van der Waals surface area contributed by atoms with Crippen LogP contribution in [0.5, 0.6) is 0 Å². The molecule has 0 radical (unpaired) electrons. The fraction of sp³-hybridized carbons (Fsp3) is 0.318. The molecule has 0 atom stereocenters. The van der Waals surface area contributed by atoms with Crippen molar-refractivity contribution in [1.82, 2.24) is 20.2 Å². The van der Waals surface area contributed by atoms with Crippen LogP contribution in [-0.4, -0.2) is 46.6 Å². The first-order valence-corrected chi connectivity index (χ1v) is 9.80. The third-order valence-corrected chi connectivity index (χ3v) is 5.27. The van der Waals surface area contributed by atoms with E-state index >= 15 is 0 Å². The second-order valence-electron chi connectivity index (χ2n) is 7.20. The number of anilines is 1. The van der Waals surface area contributed by atoms with E-state index in [1.165, 1.54) is 5.56 Å². The molecule has 2 amide bonds. The van der Waals surface area contributed by atoms with Gasteiger partial charge in [0.2, 0.25) is 0 Å². The quantitative estimate of drug-likeness (QED) is 0.716. The monoisotopic (exact) mass is 375 g/mol. The van der Waals surface area contributed by atoms with Crippen molar-refractivity contribution < 1.29 is 4.79 Å². The number of piperidine rings is 1. The highest BCUT2D eigenvalue weighted by molar-refractivity contribution is 5.99. The molecular weight excluding hydrogens is 350 g/mol. The molecule has 3 aromatic rings. The molecule has 0 aliphatic carbocycles. The van der Waals surface area contributed by atoms with E-state index in [1.807, 2.05) is 42.7 Å². The normalized spacial score (nSPS) is 15.4. The van der Waals surface area contributed by atoms with Crippen molar-refractivity contribution in [3.05, 3.63) is 66.6 Å². The first kappa shape index (κ1) is 18.4. The molecule has 144 valence electrons. The number of para-hydroxylation sites is 1. The number of carbonyl (C=O) groups excluding carboxylic acids is 1. The van der Waals surface area contributed by atoms with Crippen LogP contribution in [0.1, 0.15) is 18.4 Å². The van der Waals surface area contributed by atoms with E-state index in [-0.39, 0.29) is 12.1 Å². The second-order valence-corrected chi connectivity index (χ2v) is 7.20. The summed E-state index contributed by atoms with van der Waals surface area (Å²) in [6.45, 7) is 3.06. The molecule has 2 aromatic heterocycles. The van der Waals surface area contributed by atoms with Crippen LogP contribution in [0.3, 0.4) is 0 Å². The van der Waals surface area contributed by atoms with Crippen LogP contribution in [0.25, 0.3) is 10.9 Å². The molecule has 0 saturated carbocycles. The summed E-state index contributed by atoms with van der Waals surface area (Å²) in [4.78, 5) is 23.4. The summed E-state index contributed by atoms with van der Waals surface area (Å²) in [5, 5.41) is 7.09. The van der Waals surface area contributed by atoms with Crippen LogP contribution in [0.4, 0.5) is 10.5 Å². The Morgan fingerprint density at radius 3 is 2.64 bits per heavy atom. The van der Waals surface area contributed by atoms with Gasteiger partial charge in [-0.3, -0.25) is 9.97 Å². The minimum atomic E-state index is -0.159. The molecular formula is C22H25N5O. The lowest BCUT2D eigenvalue weighted by Gasteiger charge is -2.32. The number of amides is 2. The van der Waals surface area contributed by atoms with Gasteiger partial charge in [0.05, 0.1) is 11.2 Å². The lowest BCUT2D eigenvalue weighted by Crippen LogP contribution is -2.46. The standard InChI is InChI=1S/C22H25N5O/c28-22(26-20-5-1-3-18-4-2-11-24-21(18)20)25-19-9-15-27(16-10-19)14-8-17-6-12-23-13-7-17/h1-7,11-13,19H,8-10,14-16H2,(H2,25,26,28). The third-order valence-electron chi connectivity index (χ3n) is 5.27. The first-order valence-electron chi connectivity index (χ1n) is 9.80. The fourth-order valence-corrected chi connectivity index (χ4v) is 3.69. The number of nitrogens with zero attached hydrogens (tertiary/aromatic N) is 3. The van der Waals surface area contributed by atoms with E-state index in [4.69, 9.17) is 0 Å². The van der Waals surface area contributed by atoms with Crippen LogP contribution in [0.15, 0.2) is 61.1 Å². The summed E-state index contributed by atoms with van der Waals surface area (Å²) in [5.74, 6) is 0. The van der Waals surface area contributed by atoms with Gasteiger partial charge in [-0.2, -0.15) is 0 Å². The van der Waals surface area contributed by atoms with Crippen molar-refractivity contribution in [1.29, 1.82) is 0 Å². The van der Waals surface area contributed by atoms with Crippen LogP contribution < -0.4 is 10.6 Å². The smallest absolute Gasteiger partial charge is 0.319 e. The molecule has 0 spiro atoms. The molecule has 1 saturated heterocycles. The summed E-state index contributed by atoms with van der Waals surface area (Å²) in [7, 11) is 0. The van der Waals surface area contributed by atoms with Crippen molar-refractivity contribution in [2.45, 2.75) is 25.3 Å². The highest BCUT2D eigenvalue weighted by Crippen LogP contribution is 2.20. The van der Waals surface area contributed by atoms with Gasteiger partial charge in [-0.05, 0) is 49.1 Å². The van der Waals surface area contributed by atoms with Crippen LogP contribution >= 0.6 is 0 Å². The van der Waals surface area contributed by atoms with E-state index in [2.05, 4.69) is 37.6 Å². The van der Waals surface area contributed by atoms with Gasteiger partial charge in [0.25, 0.3) is 0 Å². The number of hydrogen-bond donors (Lipinski definition) is 2. The molecule has 1 fully saturated rings. The largest absolute Gasteiger partial charge is 0.335 e. The molecule has 28 heavy (non-hydrogen) atoms. The molecule has 1 aliphatic rings. The maximum Gasteiger partial charge on any atom is 0.319 e. The maximum atomic E-state index is 12.4. The molecule has 4 rings (SSSR count).